The maximum atomic E-state index is 12.1. The van der Waals surface area contributed by atoms with Gasteiger partial charge in [-0.25, -0.2) is 0 Å². The maximum Gasteiger partial charge on any atom is 0.170 e. The van der Waals surface area contributed by atoms with Crippen molar-refractivity contribution in [1.29, 1.82) is 0 Å². The van der Waals surface area contributed by atoms with E-state index in [-0.39, 0.29) is 5.78 Å². The Kier molecular flexibility index (Phi) is 3.57. The summed E-state index contributed by atoms with van der Waals surface area (Å²) in [6.45, 7) is 4.85. The highest BCUT2D eigenvalue weighted by Gasteiger charge is 2.36. The van der Waals surface area contributed by atoms with E-state index in [1.807, 2.05) is 13.8 Å². The Bertz CT molecular complexity index is 455. The summed E-state index contributed by atoms with van der Waals surface area (Å²) in [4.78, 5) is 12.1. The molecule has 1 aliphatic rings. The lowest BCUT2D eigenvalue weighted by Gasteiger charge is -2.34. The van der Waals surface area contributed by atoms with Gasteiger partial charge in [-0.15, -0.1) is 0 Å². The lowest BCUT2D eigenvalue weighted by molar-refractivity contribution is -0.0190. The third-order valence-corrected chi connectivity index (χ3v) is 2.99. The molecule has 0 aliphatic carbocycles. The third-order valence-electron chi connectivity index (χ3n) is 2.99. The van der Waals surface area contributed by atoms with Crippen LogP contribution in [-0.2, 0) is 4.74 Å². The van der Waals surface area contributed by atoms with Gasteiger partial charge in [0.05, 0.1) is 25.7 Å². The second kappa shape index (κ2) is 4.98. The second-order valence-corrected chi connectivity index (χ2v) is 4.65. The van der Waals surface area contributed by atoms with Gasteiger partial charge in [-0.1, -0.05) is 0 Å². The number of hydrogen-bond donors (Lipinski definition) is 0. The van der Waals surface area contributed by atoms with E-state index in [0.29, 0.717) is 36.7 Å². The number of ketones is 1. The number of Topliss-reactive ketones (excluding diaryl/α,β-unsaturated/α-hetero) is 1. The van der Waals surface area contributed by atoms with Gasteiger partial charge in [0, 0.05) is 6.61 Å². The molecule has 0 amide bonds. The van der Waals surface area contributed by atoms with Crippen LogP contribution in [0.25, 0.3) is 0 Å². The molecule has 0 N–H and O–H groups in total. The zero-order valence-electron chi connectivity index (χ0n) is 11.0. The standard InChI is InChI=1S/C14H18O4/c1-4-17-9-14(2)8-12(15)11-7-10(16-3)5-6-13(11)18-14/h5-7H,4,8-9H2,1-3H3. The van der Waals surface area contributed by atoms with Crippen LogP contribution in [0, 0.1) is 0 Å². The summed E-state index contributed by atoms with van der Waals surface area (Å²) in [5.41, 5.74) is 0.0117. The summed E-state index contributed by atoms with van der Waals surface area (Å²) in [5, 5.41) is 0. The normalized spacial score (nSPS) is 22.3. The van der Waals surface area contributed by atoms with Crippen molar-refractivity contribution in [2.45, 2.75) is 25.9 Å². The summed E-state index contributed by atoms with van der Waals surface area (Å²) in [6.07, 6.45) is 0.327. The first-order chi connectivity index (χ1) is 8.58. The Hall–Kier alpha value is -1.55. The van der Waals surface area contributed by atoms with Crippen LogP contribution in [0.5, 0.6) is 11.5 Å². The Labute approximate surface area is 107 Å². The van der Waals surface area contributed by atoms with E-state index in [1.54, 1.807) is 25.3 Å². The van der Waals surface area contributed by atoms with Crippen molar-refractivity contribution in [3.63, 3.8) is 0 Å². The number of carbonyl (C=O) groups is 1. The van der Waals surface area contributed by atoms with Crippen molar-refractivity contribution in [2.24, 2.45) is 0 Å². The summed E-state index contributed by atoms with van der Waals surface area (Å²) in [7, 11) is 1.58. The molecule has 0 spiro atoms. The lowest BCUT2D eigenvalue weighted by Crippen LogP contribution is -2.43. The molecule has 0 aromatic heterocycles. The predicted octanol–water partition coefficient (Wildman–Crippen LogP) is 2.46. The van der Waals surface area contributed by atoms with Gasteiger partial charge >= 0.3 is 0 Å². The molecule has 0 fully saturated rings. The fraction of sp³-hybridized carbons (Fsp3) is 0.500. The minimum atomic E-state index is -0.575. The van der Waals surface area contributed by atoms with Gasteiger partial charge in [-0.3, -0.25) is 4.79 Å². The summed E-state index contributed by atoms with van der Waals surface area (Å²) in [6, 6.07) is 5.28. The minimum absolute atomic E-state index is 0.0670. The third kappa shape index (κ3) is 2.48. The molecule has 0 bridgehead atoms. The number of methoxy groups -OCH3 is 1. The summed E-state index contributed by atoms with van der Waals surface area (Å²) < 4.78 is 16.4. The van der Waals surface area contributed by atoms with E-state index in [0.717, 1.165) is 0 Å². The summed E-state index contributed by atoms with van der Waals surface area (Å²) in [5.74, 6) is 1.34. The molecule has 0 radical (unpaired) electrons. The Morgan fingerprint density at radius 3 is 2.89 bits per heavy atom. The number of carbonyl (C=O) groups excluding carboxylic acids is 1. The molecule has 1 aliphatic heterocycles. The largest absolute Gasteiger partial charge is 0.497 e. The molecule has 1 unspecified atom stereocenters. The smallest absolute Gasteiger partial charge is 0.170 e. The Balaban J connectivity index is 2.26. The lowest BCUT2D eigenvalue weighted by atomic mass is 9.92. The molecule has 1 aromatic rings. The molecule has 1 heterocycles. The van der Waals surface area contributed by atoms with E-state index in [1.165, 1.54) is 0 Å². The highest BCUT2D eigenvalue weighted by Crippen LogP contribution is 2.35. The molecule has 98 valence electrons. The molecular formula is C14H18O4. The molecule has 1 atom stereocenters. The molecule has 18 heavy (non-hydrogen) atoms. The van der Waals surface area contributed by atoms with Crippen molar-refractivity contribution in [2.75, 3.05) is 20.3 Å². The topological polar surface area (TPSA) is 44.8 Å². The van der Waals surface area contributed by atoms with E-state index < -0.39 is 5.60 Å². The molecule has 0 saturated carbocycles. The average molecular weight is 250 g/mol. The van der Waals surface area contributed by atoms with Crippen LogP contribution in [-0.4, -0.2) is 31.7 Å². The van der Waals surface area contributed by atoms with Crippen molar-refractivity contribution in [3.8, 4) is 11.5 Å². The fourth-order valence-electron chi connectivity index (χ4n) is 2.08. The molecule has 1 aromatic carbocycles. The monoisotopic (exact) mass is 250 g/mol. The fourth-order valence-corrected chi connectivity index (χ4v) is 2.08. The van der Waals surface area contributed by atoms with Gasteiger partial charge in [-0.2, -0.15) is 0 Å². The van der Waals surface area contributed by atoms with Crippen LogP contribution in [0.3, 0.4) is 0 Å². The van der Waals surface area contributed by atoms with Crippen molar-refractivity contribution < 1.29 is 19.0 Å². The van der Waals surface area contributed by atoms with Crippen LogP contribution < -0.4 is 9.47 Å². The average Bonchev–Trinajstić information content (AvgIpc) is 2.36. The van der Waals surface area contributed by atoms with Crippen molar-refractivity contribution in [3.05, 3.63) is 23.8 Å². The molecule has 4 heteroatoms. The second-order valence-electron chi connectivity index (χ2n) is 4.65. The molecular weight excluding hydrogens is 232 g/mol. The molecule has 0 saturated heterocycles. The zero-order valence-corrected chi connectivity index (χ0v) is 11.0. The summed E-state index contributed by atoms with van der Waals surface area (Å²) >= 11 is 0. The van der Waals surface area contributed by atoms with Crippen LogP contribution in [0.4, 0.5) is 0 Å². The minimum Gasteiger partial charge on any atom is -0.497 e. The van der Waals surface area contributed by atoms with Gasteiger partial charge in [-0.05, 0) is 32.0 Å². The van der Waals surface area contributed by atoms with E-state index in [9.17, 15) is 4.79 Å². The first-order valence-corrected chi connectivity index (χ1v) is 6.06. The first kappa shape index (κ1) is 12.9. The predicted molar refractivity (Wildman–Crippen MR) is 67.5 cm³/mol. The van der Waals surface area contributed by atoms with Crippen molar-refractivity contribution in [1.82, 2.24) is 0 Å². The van der Waals surface area contributed by atoms with Crippen LogP contribution in [0.2, 0.25) is 0 Å². The molecule has 2 rings (SSSR count). The Morgan fingerprint density at radius 2 is 2.22 bits per heavy atom. The number of hydrogen-bond acceptors (Lipinski definition) is 4. The Morgan fingerprint density at radius 1 is 1.44 bits per heavy atom. The van der Waals surface area contributed by atoms with Gasteiger partial charge < -0.3 is 14.2 Å². The quantitative estimate of drug-likeness (QED) is 0.823. The van der Waals surface area contributed by atoms with Crippen LogP contribution in [0.15, 0.2) is 18.2 Å². The van der Waals surface area contributed by atoms with Crippen LogP contribution >= 0.6 is 0 Å². The zero-order chi connectivity index (χ0) is 13.2. The highest BCUT2D eigenvalue weighted by atomic mass is 16.5. The van der Waals surface area contributed by atoms with Gasteiger partial charge in [0.2, 0.25) is 0 Å². The van der Waals surface area contributed by atoms with Crippen molar-refractivity contribution >= 4 is 5.78 Å². The number of fused-ring (bicyclic) bond motifs is 1. The number of rotatable bonds is 4. The van der Waals surface area contributed by atoms with Crippen LogP contribution in [0.1, 0.15) is 30.6 Å². The van der Waals surface area contributed by atoms with Gasteiger partial charge in [0.15, 0.2) is 5.78 Å². The SMILES string of the molecule is CCOCC1(C)CC(=O)c2cc(OC)ccc2O1. The van der Waals surface area contributed by atoms with E-state index >= 15 is 0 Å². The molecule has 4 nitrogen and oxygen atoms in total. The number of ether oxygens (including phenoxy) is 3. The van der Waals surface area contributed by atoms with Gasteiger partial charge in [0.25, 0.3) is 0 Å². The maximum absolute atomic E-state index is 12.1. The first-order valence-electron chi connectivity index (χ1n) is 6.06. The van der Waals surface area contributed by atoms with E-state index in [2.05, 4.69) is 0 Å². The number of benzene rings is 1. The van der Waals surface area contributed by atoms with Gasteiger partial charge in [0.1, 0.15) is 17.1 Å². The van der Waals surface area contributed by atoms with E-state index in [4.69, 9.17) is 14.2 Å². The highest BCUT2D eigenvalue weighted by molar-refractivity contribution is 6.00.